The average Bonchev–Trinajstić information content (AvgIpc) is 3.19. The van der Waals surface area contributed by atoms with Gasteiger partial charge >= 0.3 is 12.4 Å². The van der Waals surface area contributed by atoms with E-state index in [0.29, 0.717) is 18.0 Å². The Morgan fingerprint density at radius 1 is 1.06 bits per heavy atom. The first-order chi connectivity index (χ1) is 14.9. The second kappa shape index (κ2) is 8.92. The SMILES string of the molecule is O=C(C=Cn1cnc(-c2cc(C(F)(F)F)c(Cl)c(C(F)(F)F)c2)n1)N[NH2+]c1cnccn1. The van der Waals surface area contributed by atoms with Gasteiger partial charge in [0.1, 0.15) is 12.5 Å². The van der Waals surface area contributed by atoms with Crippen molar-refractivity contribution in [3.63, 3.8) is 0 Å². The van der Waals surface area contributed by atoms with Crippen LogP contribution in [0.1, 0.15) is 11.1 Å². The third kappa shape index (κ3) is 5.59. The molecule has 8 nitrogen and oxygen atoms in total. The lowest BCUT2D eigenvalue weighted by atomic mass is 10.0. The minimum atomic E-state index is -5.13. The standard InChI is InChI=1S/C17H10ClF6N7O/c18-14-10(16(19,20)21)5-9(6-11(14)17(22,23)24)15-27-8-31(30-15)4-1-13(32)29-28-12-7-25-2-3-26-12/h1-8H,(H,26,28)(H,29,32)/p+1. The summed E-state index contributed by atoms with van der Waals surface area (Å²) in [6, 6.07) is 0.840. The fraction of sp³-hybridized carbons (Fsp3) is 0.118. The number of carbonyl (C=O) groups excluding carboxylic acids is 1. The van der Waals surface area contributed by atoms with Crippen molar-refractivity contribution in [2.75, 3.05) is 0 Å². The summed E-state index contributed by atoms with van der Waals surface area (Å²) in [5.41, 5.74) is -0.239. The molecule has 1 aromatic carbocycles. The summed E-state index contributed by atoms with van der Waals surface area (Å²) in [5.74, 6) is -0.673. The zero-order valence-corrected chi connectivity index (χ0v) is 16.2. The van der Waals surface area contributed by atoms with Crippen LogP contribution in [0.2, 0.25) is 5.02 Å². The fourth-order valence-electron chi connectivity index (χ4n) is 2.37. The molecule has 0 aliphatic rings. The van der Waals surface area contributed by atoms with Crippen LogP contribution in [0, 0.1) is 0 Å². The van der Waals surface area contributed by atoms with Crippen LogP contribution in [0.15, 0.2) is 43.1 Å². The van der Waals surface area contributed by atoms with Crippen molar-refractivity contribution >= 4 is 29.5 Å². The van der Waals surface area contributed by atoms with Crippen molar-refractivity contribution in [1.29, 1.82) is 0 Å². The number of benzene rings is 1. The van der Waals surface area contributed by atoms with Crippen molar-refractivity contribution in [1.82, 2.24) is 30.2 Å². The molecule has 15 heteroatoms. The molecule has 0 aliphatic heterocycles. The van der Waals surface area contributed by atoms with Gasteiger partial charge in [-0.15, -0.1) is 5.10 Å². The van der Waals surface area contributed by atoms with Gasteiger partial charge in [-0.25, -0.2) is 9.67 Å². The van der Waals surface area contributed by atoms with E-state index in [0.717, 1.165) is 23.3 Å². The van der Waals surface area contributed by atoms with Crippen molar-refractivity contribution in [2.45, 2.75) is 12.4 Å². The first-order valence-electron chi connectivity index (χ1n) is 8.42. The Morgan fingerprint density at radius 3 is 2.28 bits per heavy atom. The predicted molar refractivity (Wildman–Crippen MR) is 97.6 cm³/mol. The highest BCUT2D eigenvalue weighted by molar-refractivity contribution is 6.32. The van der Waals surface area contributed by atoms with E-state index in [2.05, 4.69) is 25.5 Å². The van der Waals surface area contributed by atoms with Gasteiger partial charge in [0.15, 0.2) is 5.82 Å². The third-order valence-corrected chi connectivity index (χ3v) is 4.18. The summed E-state index contributed by atoms with van der Waals surface area (Å²) >= 11 is 5.35. The molecule has 2 aromatic heterocycles. The van der Waals surface area contributed by atoms with Crippen molar-refractivity contribution in [3.05, 3.63) is 59.3 Å². The Hall–Kier alpha value is -3.52. The number of alkyl halides is 6. The molecular formula is C17H11ClF6N7O+. The summed E-state index contributed by atoms with van der Waals surface area (Å²) in [7, 11) is 0. The number of nitrogens with zero attached hydrogens (tertiary/aromatic N) is 5. The molecule has 0 radical (unpaired) electrons. The van der Waals surface area contributed by atoms with Gasteiger partial charge in [-0.05, 0) is 12.1 Å². The lowest BCUT2D eigenvalue weighted by Gasteiger charge is -2.16. The predicted octanol–water partition coefficient (Wildman–Crippen LogP) is 2.82. The van der Waals surface area contributed by atoms with Crippen LogP contribution >= 0.6 is 11.6 Å². The van der Waals surface area contributed by atoms with Gasteiger partial charge in [0.05, 0.1) is 22.3 Å². The van der Waals surface area contributed by atoms with Crippen LogP contribution in [0.5, 0.6) is 0 Å². The molecule has 2 heterocycles. The Labute approximate surface area is 179 Å². The van der Waals surface area contributed by atoms with Gasteiger partial charge in [0.25, 0.3) is 11.7 Å². The molecule has 3 rings (SSSR count). The maximum atomic E-state index is 13.2. The number of nitrogens with one attached hydrogen (secondary N) is 1. The van der Waals surface area contributed by atoms with Gasteiger partial charge in [0, 0.05) is 24.0 Å². The van der Waals surface area contributed by atoms with Crippen molar-refractivity contribution in [2.24, 2.45) is 0 Å². The maximum Gasteiger partial charge on any atom is 0.417 e. The van der Waals surface area contributed by atoms with E-state index in [1.807, 2.05) is 0 Å². The van der Waals surface area contributed by atoms with E-state index in [-0.39, 0.29) is 0 Å². The Kier molecular flexibility index (Phi) is 6.45. The highest BCUT2D eigenvalue weighted by Crippen LogP contribution is 2.44. The molecule has 0 spiro atoms. The number of nitrogens with two attached hydrogens (primary N) is 1. The number of hydrogen-bond donors (Lipinski definition) is 2. The Balaban J connectivity index is 1.81. The number of aromatic nitrogens is 5. The van der Waals surface area contributed by atoms with Gasteiger partial charge in [-0.1, -0.05) is 11.6 Å². The molecule has 0 atom stereocenters. The molecule has 3 aromatic rings. The van der Waals surface area contributed by atoms with E-state index in [1.165, 1.54) is 24.0 Å². The van der Waals surface area contributed by atoms with Crippen LogP contribution in [0.4, 0.5) is 32.2 Å². The minimum Gasteiger partial charge on any atom is -0.265 e. The molecule has 0 unspecified atom stereocenters. The van der Waals surface area contributed by atoms with Crippen LogP contribution in [0.3, 0.4) is 0 Å². The van der Waals surface area contributed by atoms with E-state index in [1.54, 1.807) is 0 Å². The minimum absolute atomic E-state index is 0.376. The Bertz CT molecular complexity index is 1110. The number of quaternary nitrogens is 1. The molecule has 0 saturated carbocycles. The Morgan fingerprint density at radius 2 is 1.72 bits per heavy atom. The van der Waals surface area contributed by atoms with E-state index < -0.39 is 45.8 Å². The maximum absolute atomic E-state index is 13.2. The normalized spacial score (nSPS) is 12.3. The number of amides is 1. The monoisotopic (exact) mass is 478 g/mol. The molecular weight excluding hydrogens is 468 g/mol. The molecule has 0 saturated heterocycles. The van der Waals surface area contributed by atoms with E-state index in [4.69, 9.17) is 11.6 Å². The summed E-state index contributed by atoms with van der Waals surface area (Å²) < 4.78 is 79.9. The highest BCUT2D eigenvalue weighted by atomic mass is 35.5. The average molecular weight is 479 g/mol. The van der Waals surface area contributed by atoms with Gasteiger partial charge in [0.2, 0.25) is 0 Å². The first kappa shape index (κ1) is 23.1. The van der Waals surface area contributed by atoms with E-state index in [9.17, 15) is 31.1 Å². The molecule has 168 valence electrons. The smallest absolute Gasteiger partial charge is 0.265 e. The van der Waals surface area contributed by atoms with Crippen molar-refractivity contribution in [3.8, 4) is 11.4 Å². The molecule has 32 heavy (non-hydrogen) atoms. The zero-order chi connectivity index (χ0) is 23.5. The lowest BCUT2D eigenvalue weighted by molar-refractivity contribution is -0.623. The second-order valence-corrected chi connectivity index (χ2v) is 6.41. The van der Waals surface area contributed by atoms with Crippen LogP contribution in [-0.2, 0) is 17.1 Å². The van der Waals surface area contributed by atoms with Crippen LogP contribution in [-0.4, -0.2) is 30.6 Å². The summed E-state index contributed by atoms with van der Waals surface area (Å²) in [5, 5.41) is 2.31. The van der Waals surface area contributed by atoms with Crippen molar-refractivity contribution < 1.29 is 36.6 Å². The quantitative estimate of drug-likeness (QED) is 0.193. The zero-order valence-electron chi connectivity index (χ0n) is 15.5. The number of rotatable bonds is 5. The van der Waals surface area contributed by atoms with E-state index >= 15 is 0 Å². The largest absolute Gasteiger partial charge is 0.417 e. The third-order valence-electron chi connectivity index (χ3n) is 3.77. The van der Waals surface area contributed by atoms with Gasteiger partial charge in [-0.2, -0.15) is 42.2 Å². The summed E-state index contributed by atoms with van der Waals surface area (Å²) in [6.45, 7) is 0. The number of carbonyl (C=O) groups is 1. The molecule has 0 bridgehead atoms. The van der Waals surface area contributed by atoms with Crippen LogP contribution < -0.4 is 10.9 Å². The number of halogens is 7. The molecule has 0 aliphatic carbocycles. The second-order valence-electron chi connectivity index (χ2n) is 6.03. The first-order valence-corrected chi connectivity index (χ1v) is 8.80. The lowest BCUT2D eigenvalue weighted by Crippen LogP contribution is -2.89. The summed E-state index contributed by atoms with van der Waals surface area (Å²) in [4.78, 5) is 23.2. The molecule has 0 fully saturated rings. The van der Waals surface area contributed by atoms with Crippen LogP contribution in [0.25, 0.3) is 17.6 Å². The van der Waals surface area contributed by atoms with Gasteiger partial charge < -0.3 is 0 Å². The molecule has 1 amide bonds. The van der Waals surface area contributed by atoms with Gasteiger partial charge in [-0.3, -0.25) is 9.78 Å². The topological polar surface area (TPSA) is 102 Å². The summed E-state index contributed by atoms with van der Waals surface area (Å²) in [6.07, 6.45) is -2.91. The fourth-order valence-corrected chi connectivity index (χ4v) is 2.69. The molecule has 3 N–H and O–H groups in total. The highest BCUT2D eigenvalue weighted by Gasteiger charge is 2.41. The number of hydrogen-bond acceptors (Lipinski definition) is 5.